The third kappa shape index (κ3) is 6.68. The first-order valence-corrected chi connectivity index (χ1v) is 9.69. The third-order valence-corrected chi connectivity index (χ3v) is 4.38. The number of aromatic nitrogens is 2. The highest BCUT2D eigenvalue weighted by Gasteiger charge is 2.04. The van der Waals surface area contributed by atoms with Crippen LogP contribution >= 0.6 is 0 Å². The minimum Gasteiger partial charge on any atom is -0.304 e. The van der Waals surface area contributed by atoms with Gasteiger partial charge in [-0.3, -0.25) is 19.8 Å². The lowest BCUT2D eigenvalue weighted by Crippen LogP contribution is -2.29. The Kier molecular flexibility index (Phi) is 7.71. The van der Waals surface area contributed by atoms with Crippen molar-refractivity contribution in [2.45, 2.75) is 12.8 Å². The second-order valence-corrected chi connectivity index (χ2v) is 6.72. The fourth-order valence-corrected chi connectivity index (χ4v) is 2.80. The average Bonchev–Trinajstić information content (AvgIpc) is 2.80. The van der Waals surface area contributed by atoms with Gasteiger partial charge in [-0.1, -0.05) is 42.0 Å². The van der Waals surface area contributed by atoms with Crippen molar-refractivity contribution in [1.29, 1.82) is 0 Å². The maximum Gasteiger partial charge on any atom is 0.270 e. The van der Waals surface area contributed by atoms with E-state index >= 15 is 0 Å². The molecule has 3 aromatic rings. The normalized spacial score (nSPS) is 11.3. The Morgan fingerprint density at radius 2 is 1.84 bits per heavy atom. The van der Waals surface area contributed by atoms with Crippen LogP contribution in [0.15, 0.2) is 102 Å². The van der Waals surface area contributed by atoms with Gasteiger partial charge in [-0.05, 0) is 47.5 Å². The number of aldehydes is 1. The van der Waals surface area contributed by atoms with Crippen LogP contribution in [-0.2, 0) is 11.2 Å². The van der Waals surface area contributed by atoms with Crippen LogP contribution in [0.5, 0.6) is 0 Å². The summed E-state index contributed by atoms with van der Waals surface area (Å²) in [7, 11) is 0. The summed E-state index contributed by atoms with van der Waals surface area (Å²) in [4.78, 5) is 27.0. The predicted octanol–water partition coefficient (Wildman–Crippen LogP) is 3.06. The molecule has 0 bridgehead atoms. The Hall–Kier alpha value is -4.19. The number of pyridine rings is 2. The van der Waals surface area contributed by atoms with E-state index < -0.39 is 0 Å². The second-order valence-electron chi connectivity index (χ2n) is 6.72. The molecule has 1 aromatic carbocycles. The van der Waals surface area contributed by atoms with Crippen LogP contribution in [0.25, 0.3) is 0 Å². The lowest BCUT2D eigenvalue weighted by molar-refractivity contribution is -0.620. The zero-order valence-corrected chi connectivity index (χ0v) is 16.9. The smallest absolute Gasteiger partial charge is 0.270 e. The van der Waals surface area contributed by atoms with E-state index in [1.165, 1.54) is 24.2 Å². The van der Waals surface area contributed by atoms with Gasteiger partial charge in [0.05, 0.1) is 0 Å². The third-order valence-electron chi connectivity index (χ3n) is 4.38. The number of benzene rings is 1. The fourth-order valence-electron chi connectivity index (χ4n) is 2.80. The van der Waals surface area contributed by atoms with Crippen molar-refractivity contribution in [2.24, 2.45) is 5.10 Å². The van der Waals surface area contributed by atoms with Crippen molar-refractivity contribution in [3.8, 4) is 0 Å². The van der Waals surface area contributed by atoms with Gasteiger partial charge in [0.2, 0.25) is 0 Å². The van der Waals surface area contributed by atoms with Gasteiger partial charge in [0.25, 0.3) is 5.91 Å². The first-order valence-electron chi connectivity index (χ1n) is 9.69. The van der Waals surface area contributed by atoms with Gasteiger partial charge in [-0.25, -0.2) is 5.10 Å². The molecule has 2 aromatic heterocycles. The molecule has 0 aliphatic carbocycles. The Labute approximate surface area is 181 Å². The molecule has 0 aliphatic heterocycles. The van der Waals surface area contributed by atoms with Crippen LogP contribution in [0.3, 0.4) is 0 Å². The molecule has 0 aliphatic rings. The molecule has 1 N–H and O–H groups in total. The molecular weight excluding hydrogens is 388 g/mol. The monoisotopic (exact) mass is 410 g/mol. The molecule has 0 fully saturated rings. The molecular formula is C25H22N4O2. The summed E-state index contributed by atoms with van der Waals surface area (Å²) in [5, 5.41) is 4.00. The minimum absolute atomic E-state index is 0.136. The Morgan fingerprint density at radius 1 is 1.10 bits per heavy atom. The molecule has 0 unspecified atom stereocenters. The van der Waals surface area contributed by atoms with Gasteiger partial charge in [0.1, 0.15) is 18.7 Å². The summed E-state index contributed by atoms with van der Waals surface area (Å²) < 4.78 is 1.76. The van der Waals surface area contributed by atoms with Crippen molar-refractivity contribution in [1.82, 2.24) is 10.4 Å². The van der Waals surface area contributed by atoms with Crippen LogP contribution < -0.4 is 9.99 Å². The first-order chi connectivity index (χ1) is 15.2. The van der Waals surface area contributed by atoms with Crippen molar-refractivity contribution in [2.75, 3.05) is 0 Å². The number of carbonyl (C=O) groups is 2. The number of allylic oxidation sites excluding steroid dienone is 2. The van der Waals surface area contributed by atoms with Gasteiger partial charge in [0.15, 0.2) is 6.20 Å². The van der Waals surface area contributed by atoms with E-state index in [0.29, 0.717) is 16.7 Å². The first kappa shape index (κ1) is 21.5. The molecule has 0 saturated heterocycles. The van der Waals surface area contributed by atoms with Gasteiger partial charge in [0, 0.05) is 24.4 Å². The molecule has 1 amide bonds. The Bertz CT molecular complexity index is 1110. The largest absolute Gasteiger partial charge is 0.304 e. The van der Waals surface area contributed by atoms with Crippen molar-refractivity contribution in [3.05, 3.63) is 120 Å². The zero-order valence-electron chi connectivity index (χ0n) is 16.9. The predicted molar refractivity (Wildman–Crippen MR) is 118 cm³/mol. The van der Waals surface area contributed by atoms with E-state index in [0.717, 1.165) is 18.3 Å². The number of nitrogens with zero attached hydrogens (tertiary/aromatic N) is 3. The van der Waals surface area contributed by atoms with Gasteiger partial charge < -0.3 is 4.79 Å². The van der Waals surface area contributed by atoms with Gasteiger partial charge in [-0.15, -0.1) is 6.58 Å². The fraction of sp³-hybridized carbons (Fsp3) is 0.0800. The van der Waals surface area contributed by atoms with E-state index in [1.807, 2.05) is 42.7 Å². The number of hydrogen-bond acceptors (Lipinski definition) is 4. The van der Waals surface area contributed by atoms with E-state index in [-0.39, 0.29) is 12.3 Å². The van der Waals surface area contributed by atoms with Crippen molar-refractivity contribution in [3.63, 3.8) is 0 Å². The van der Waals surface area contributed by atoms with Gasteiger partial charge >= 0.3 is 0 Å². The standard InChI is InChI=1S/C25H22N4O2/c1-20(11-15-30)24(17-27-28-25(31)23-9-12-26-13-10-23)19-29-14-5-8-22(18-29)16-21-6-3-2-4-7-21/h2-10,12-15,17-18H,1,11,16H2,(H,28,31)/b27-17+. The lowest BCUT2D eigenvalue weighted by atomic mass is 10.1. The SMILES string of the molecule is C=C(CC=O)C(=[C-][n+]1cccc(Cc2ccccc2)c1)/C=N/NC(=O)c1ccncc1. The highest BCUT2D eigenvalue weighted by atomic mass is 16.2. The van der Waals surface area contributed by atoms with Crippen LogP contribution in [0.2, 0.25) is 0 Å². The number of amides is 1. The van der Waals surface area contributed by atoms with E-state index in [9.17, 15) is 9.59 Å². The number of rotatable bonds is 9. The molecule has 6 heteroatoms. The molecule has 154 valence electrons. The number of nitrogens with one attached hydrogen (secondary N) is 1. The average molecular weight is 410 g/mol. The zero-order chi connectivity index (χ0) is 21.9. The van der Waals surface area contributed by atoms with Crippen LogP contribution in [0, 0.1) is 6.20 Å². The summed E-state index contributed by atoms with van der Waals surface area (Å²) >= 11 is 0. The summed E-state index contributed by atoms with van der Waals surface area (Å²) in [6, 6.07) is 17.3. The van der Waals surface area contributed by atoms with Crippen LogP contribution in [0.1, 0.15) is 27.9 Å². The summed E-state index contributed by atoms with van der Waals surface area (Å²) in [5.74, 6) is -0.364. The highest BCUT2D eigenvalue weighted by Crippen LogP contribution is 2.09. The van der Waals surface area contributed by atoms with Crippen molar-refractivity contribution < 1.29 is 14.2 Å². The summed E-state index contributed by atoms with van der Waals surface area (Å²) in [6.45, 7) is 3.93. The number of carbonyl (C=O) groups excluding carboxylic acids is 2. The lowest BCUT2D eigenvalue weighted by Gasteiger charge is -2.07. The van der Waals surface area contributed by atoms with E-state index in [2.05, 4.69) is 40.4 Å². The van der Waals surface area contributed by atoms with E-state index in [4.69, 9.17) is 0 Å². The summed E-state index contributed by atoms with van der Waals surface area (Å²) in [6.07, 6.45) is 13.1. The second kappa shape index (κ2) is 11.1. The molecule has 3 rings (SSSR count). The summed E-state index contributed by atoms with van der Waals surface area (Å²) in [5.41, 5.74) is 6.25. The van der Waals surface area contributed by atoms with Crippen LogP contribution in [0.4, 0.5) is 0 Å². The van der Waals surface area contributed by atoms with Gasteiger partial charge in [-0.2, -0.15) is 0 Å². The maximum atomic E-state index is 12.1. The molecule has 0 spiro atoms. The molecule has 0 radical (unpaired) electrons. The Balaban J connectivity index is 1.78. The van der Waals surface area contributed by atoms with E-state index in [1.54, 1.807) is 16.7 Å². The molecule has 0 atom stereocenters. The molecule has 31 heavy (non-hydrogen) atoms. The minimum atomic E-state index is -0.364. The number of hydrogen-bond donors (Lipinski definition) is 1. The molecule has 0 saturated carbocycles. The molecule has 6 nitrogen and oxygen atoms in total. The topological polar surface area (TPSA) is 75.3 Å². The quantitative estimate of drug-likeness (QED) is 0.147. The van der Waals surface area contributed by atoms with Crippen molar-refractivity contribution >= 4 is 18.4 Å². The number of hydrazone groups is 1. The molecule has 2 heterocycles. The maximum absolute atomic E-state index is 12.1. The highest BCUT2D eigenvalue weighted by molar-refractivity contribution is 5.95. The Morgan fingerprint density at radius 3 is 2.58 bits per heavy atom. The van der Waals surface area contributed by atoms with Crippen LogP contribution in [-0.4, -0.2) is 23.4 Å².